The van der Waals surface area contributed by atoms with Crippen LogP contribution in [0.2, 0.25) is 0 Å². The Morgan fingerprint density at radius 3 is 1.74 bits per heavy atom. The van der Waals surface area contributed by atoms with E-state index in [9.17, 15) is 0 Å². The lowest BCUT2D eigenvalue weighted by Gasteiger charge is -2.46. The molecule has 1 aliphatic carbocycles. The van der Waals surface area contributed by atoms with Crippen molar-refractivity contribution in [3.8, 4) is 33.4 Å². The highest BCUT2D eigenvalue weighted by molar-refractivity contribution is 6.31. The summed E-state index contributed by atoms with van der Waals surface area (Å²) in [7, 11) is 0. The molecule has 0 saturated heterocycles. The van der Waals surface area contributed by atoms with Gasteiger partial charge in [0.05, 0.1) is 5.54 Å². The van der Waals surface area contributed by atoms with Gasteiger partial charge in [0.15, 0.2) is 0 Å². The van der Waals surface area contributed by atoms with Crippen LogP contribution in [0.15, 0.2) is 176 Å². The van der Waals surface area contributed by atoms with Crippen LogP contribution in [0.25, 0.3) is 87.2 Å². The van der Waals surface area contributed by atoms with E-state index in [0.717, 1.165) is 0 Å². The van der Waals surface area contributed by atoms with E-state index < -0.39 is 0 Å². The number of hydrogen-bond acceptors (Lipinski definition) is 1. The molecule has 0 bridgehead atoms. The molecule has 2 aliphatic rings. The maximum absolute atomic E-state index is 2.71. The van der Waals surface area contributed by atoms with Crippen LogP contribution in [0.5, 0.6) is 0 Å². The number of anilines is 2. The second-order valence-corrected chi connectivity index (χ2v) is 17.5. The number of hydrogen-bond donors (Lipinski definition) is 0. The number of benzene rings is 10. The monoisotopic (exact) mass is 743 g/mol. The number of nitrogens with zero attached hydrogens (tertiary/aromatic N) is 1. The fraction of sp³-hybridized carbons (Fsp3) is 0.158. The van der Waals surface area contributed by atoms with Gasteiger partial charge < -0.3 is 4.90 Å². The first kappa shape index (κ1) is 33.7. The first-order chi connectivity index (χ1) is 28.5. The van der Waals surface area contributed by atoms with Crippen molar-refractivity contribution in [2.75, 3.05) is 4.90 Å². The number of rotatable bonds is 4. The highest BCUT2D eigenvalue weighted by Gasteiger charge is 2.56. The normalized spacial score (nSPS) is 19.3. The van der Waals surface area contributed by atoms with Gasteiger partial charge in [-0.05, 0) is 143 Å². The van der Waals surface area contributed by atoms with Crippen LogP contribution >= 0.6 is 0 Å². The summed E-state index contributed by atoms with van der Waals surface area (Å²) in [6.45, 7) is 5.12. The van der Waals surface area contributed by atoms with Crippen molar-refractivity contribution < 1.29 is 0 Å². The number of para-hydroxylation sites is 1. The fourth-order valence-electron chi connectivity index (χ4n) is 11.6. The molecule has 278 valence electrons. The minimum atomic E-state index is -0.0133. The molecule has 2 unspecified atom stereocenters. The molecule has 0 spiro atoms. The van der Waals surface area contributed by atoms with E-state index in [-0.39, 0.29) is 11.0 Å². The number of fused-ring (bicyclic) bond motifs is 5. The van der Waals surface area contributed by atoms with Crippen LogP contribution in [0.3, 0.4) is 0 Å². The van der Waals surface area contributed by atoms with Crippen LogP contribution in [0.1, 0.15) is 51.5 Å². The summed E-state index contributed by atoms with van der Waals surface area (Å²) in [5, 5.41) is 13.0. The molecule has 1 nitrogen and oxygen atoms in total. The molecule has 0 aromatic heterocycles. The predicted molar refractivity (Wildman–Crippen MR) is 249 cm³/mol. The zero-order chi connectivity index (χ0) is 38.6. The van der Waals surface area contributed by atoms with Crippen LogP contribution in [-0.4, -0.2) is 5.54 Å². The van der Waals surface area contributed by atoms with Gasteiger partial charge in [0, 0.05) is 16.8 Å². The van der Waals surface area contributed by atoms with Crippen molar-refractivity contribution in [2.45, 2.75) is 56.9 Å². The van der Waals surface area contributed by atoms with Gasteiger partial charge in [0.2, 0.25) is 0 Å². The molecular weight excluding hydrogens is 699 g/mol. The lowest BCUT2D eigenvalue weighted by molar-refractivity contribution is 0.261. The Morgan fingerprint density at radius 1 is 0.397 bits per heavy atom. The molecule has 1 aliphatic heterocycles. The minimum absolute atomic E-state index is 0.0133. The van der Waals surface area contributed by atoms with E-state index in [1.54, 1.807) is 0 Å². The van der Waals surface area contributed by atoms with Crippen LogP contribution < -0.4 is 4.90 Å². The van der Waals surface area contributed by atoms with E-state index in [1.807, 2.05) is 0 Å². The molecule has 10 aromatic carbocycles. The lowest BCUT2D eigenvalue weighted by Crippen LogP contribution is -2.52. The minimum Gasteiger partial charge on any atom is -0.334 e. The van der Waals surface area contributed by atoms with E-state index in [1.165, 1.54) is 136 Å². The maximum atomic E-state index is 2.71. The van der Waals surface area contributed by atoms with Crippen molar-refractivity contribution in [3.05, 3.63) is 181 Å². The molecule has 0 amide bonds. The molecule has 0 radical (unpaired) electrons. The third kappa shape index (κ3) is 4.65. The van der Waals surface area contributed by atoms with Gasteiger partial charge in [-0.1, -0.05) is 172 Å². The Morgan fingerprint density at radius 2 is 0.983 bits per heavy atom. The Kier molecular flexibility index (Phi) is 7.27. The zero-order valence-corrected chi connectivity index (χ0v) is 33.2. The van der Waals surface area contributed by atoms with Gasteiger partial charge in [-0.25, -0.2) is 0 Å². The smallest absolute Gasteiger partial charge is 0.0517 e. The molecule has 2 atom stereocenters. The third-order valence-corrected chi connectivity index (χ3v) is 14.6. The average molecular weight is 744 g/mol. The Hall–Kier alpha value is -6.44. The van der Waals surface area contributed by atoms with Crippen molar-refractivity contribution in [3.63, 3.8) is 0 Å². The first-order valence-electron chi connectivity index (χ1n) is 21.2. The third-order valence-electron chi connectivity index (χ3n) is 14.6. The Labute approximate surface area is 340 Å². The van der Waals surface area contributed by atoms with Gasteiger partial charge in [-0.3, -0.25) is 0 Å². The molecule has 12 rings (SSSR count). The van der Waals surface area contributed by atoms with Gasteiger partial charge >= 0.3 is 0 Å². The highest BCUT2D eigenvalue weighted by atomic mass is 15.2. The maximum Gasteiger partial charge on any atom is 0.0517 e. The first-order valence-corrected chi connectivity index (χ1v) is 21.2. The largest absolute Gasteiger partial charge is 0.334 e. The lowest BCUT2D eigenvalue weighted by atomic mass is 9.66. The van der Waals surface area contributed by atoms with Crippen molar-refractivity contribution in [1.29, 1.82) is 0 Å². The van der Waals surface area contributed by atoms with Gasteiger partial charge in [0.1, 0.15) is 0 Å². The van der Waals surface area contributed by atoms with E-state index >= 15 is 0 Å². The average Bonchev–Trinajstić information content (AvgIpc) is 3.34. The Bertz CT molecular complexity index is 3240. The van der Waals surface area contributed by atoms with Crippen molar-refractivity contribution in [2.24, 2.45) is 0 Å². The van der Waals surface area contributed by atoms with Gasteiger partial charge in [-0.15, -0.1) is 0 Å². The summed E-state index contributed by atoms with van der Waals surface area (Å²) in [6, 6.07) is 66.7. The summed E-state index contributed by atoms with van der Waals surface area (Å²) in [4.78, 5) is 2.71. The SMILES string of the molecule is CC12CCCCCC1(C)N(c1ccccc1)c1ccc(-c3cc(-c4cccc5ccccc45)c4ccc5ccc(-c6cccc7ccccc67)c6ccc3c4c56)cc12. The van der Waals surface area contributed by atoms with Gasteiger partial charge in [0.25, 0.3) is 0 Å². The van der Waals surface area contributed by atoms with E-state index in [4.69, 9.17) is 0 Å². The summed E-state index contributed by atoms with van der Waals surface area (Å²) in [6.07, 6.45) is 6.21. The topological polar surface area (TPSA) is 3.24 Å². The predicted octanol–water partition coefficient (Wildman–Crippen LogP) is 16.0. The second-order valence-electron chi connectivity index (χ2n) is 17.5. The molecule has 1 fully saturated rings. The highest BCUT2D eigenvalue weighted by Crippen LogP contribution is 2.61. The van der Waals surface area contributed by atoms with Gasteiger partial charge in [-0.2, -0.15) is 0 Å². The van der Waals surface area contributed by atoms with Crippen LogP contribution in [-0.2, 0) is 5.41 Å². The fourth-order valence-corrected chi connectivity index (χ4v) is 11.6. The summed E-state index contributed by atoms with van der Waals surface area (Å²) in [5.41, 5.74) is 11.9. The quantitative estimate of drug-likeness (QED) is 0.162. The van der Waals surface area contributed by atoms with Crippen molar-refractivity contribution >= 4 is 65.2 Å². The summed E-state index contributed by atoms with van der Waals surface area (Å²) in [5.74, 6) is 0. The van der Waals surface area contributed by atoms with E-state index in [2.05, 4.69) is 195 Å². The second kappa shape index (κ2) is 12.5. The van der Waals surface area contributed by atoms with Crippen LogP contribution in [0, 0.1) is 0 Å². The van der Waals surface area contributed by atoms with Crippen molar-refractivity contribution in [1.82, 2.24) is 0 Å². The molecule has 0 N–H and O–H groups in total. The molecule has 10 aromatic rings. The molecular formula is C57H45N. The molecule has 58 heavy (non-hydrogen) atoms. The Balaban J connectivity index is 1.17. The summed E-state index contributed by atoms with van der Waals surface area (Å²) >= 11 is 0. The molecule has 1 heterocycles. The standard InChI is InChI=1S/C57H45N/c1-56-33-11-4-12-34-57(56,2)58(41-19-5-3-6-20-41)53-32-27-40(35-52(53)56)50-36-51(45-24-14-18-38-16-8-10-22-43(38)45)49-29-26-39-25-28-46(47-30-31-48(50)55(49)54(39)47)44-23-13-17-37-15-7-9-21-42(37)44/h3,5-10,13-32,35-36H,4,11-12,33-34H2,1-2H3. The molecule has 1 heteroatoms. The zero-order valence-electron chi connectivity index (χ0n) is 33.2. The van der Waals surface area contributed by atoms with Crippen LogP contribution in [0.4, 0.5) is 11.4 Å². The summed E-state index contributed by atoms with van der Waals surface area (Å²) < 4.78 is 0. The molecule has 1 saturated carbocycles. The van der Waals surface area contributed by atoms with E-state index in [0.29, 0.717) is 0 Å².